The first-order valence-electron chi connectivity index (χ1n) is 12.3. The number of rotatable bonds is 4. The van der Waals surface area contributed by atoms with Crippen LogP contribution in [0, 0.1) is 6.92 Å². The molecule has 6 nitrogen and oxygen atoms in total. The third kappa shape index (κ3) is 3.52. The standard InChI is InChI=1S/C31H27N3O3/c1-17-20(9-6-10-26(17)34-16-18-7-4-5-8-21(18)30(34)36)22-13-14-24(29(32)35)28-27(22)23-12-11-19(31(2,3)37)15-25(23)33-28/h4-15,33,37H,16H2,1-3H3,(H2,32,35). The van der Waals surface area contributed by atoms with Crippen LogP contribution in [0.15, 0.2) is 72.8 Å². The third-order valence-corrected chi connectivity index (χ3v) is 7.43. The van der Waals surface area contributed by atoms with E-state index in [0.717, 1.165) is 55.4 Å². The number of nitrogens with two attached hydrogens (primary N) is 1. The van der Waals surface area contributed by atoms with Crippen molar-refractivity contribution in [2.75, 3.05) is 4.90 Å². The van der Waals surface area contributed by atoms with Crippen LogP contribution in [0.25, 0.3) is 32.9 Å². The lowest BCUT2D eigenvalue weighted by Gasteiger charge is -2.21. The number of aliphatic hydroxyl groups is 1. The van der Waals surface area contributed by atoms with E-state index in [2.05, 4.69) is 4.98 Å². The Balaban J connectivity index is 1.57. The first kappa shape index (κ1) is 23.0. The van der Waals surface area contributed by atoms with E-state index < -0.39 is 11.5 Å². The van der Waals surface area contributed by atoms with Gasteiger partial charge < -0.3 is 20.7 Å². The van der Waals surface area contributed by atoms with Crippen LogP contribution in [0.1, 0.15) is 51.3 Å². The predicted octanol–water partition coefficient (Wildman–Crippen LogP) is 5.78. The number of anilines is 1. The molecule has 184 valence electrons. The molecule has 6 heteroatoms. The van der Waals surface area contributed by atoms with Gasteiger partial charge in [0.15, 0.2) is 0 Å². The van der Waals surface area contributed by atoms with Crippen molar-refractivity contribution in [3.63, 3.8) is 0 Å². The molecule has 0 aliphatic carbocycles. The average Bonchev–Trinajstić information content (AvgIpc) is 3.41. The van der Waals surface area contributed by atoms with E-state index in [1.165, 1.54) is 0 Å². The SMILES string of the molecule is Cc1c(-c2ccc(C(N)=O)c3[nH]c4cc(C(C)(C)O)ccc4c23)cccc1N1Cc2ccccc2C1=O. The summed E-state index contributed by atoms with van der Waals surface area (Å²) in [6.45, 7) is 6.03. The number of benzene rings is 4. The van der Waals surface area contributed by atoms with Gasteiger partial charge in [-0.3, -0.25) is 9.59 Å². The molecule has 0 saturated carbocycles. The minimum absolute atomic E-state index is 0.00341. The number of nitrogens with zero attached hydrogens (tertiary/aromatic N) is 1. The minimum atomic E-state index is -1.01. The normalized spacial score (nSPS) is 13.5. The summed E-state index contributed by atoms with van der Waals surface area (Å²) in [5, 5.41) is 12.3. The van der Waals surface area contributed by atoms with E-state index in [9.17, 15) is 14.7 Å². The molecule has 4 N–H and O–H groups in total. The molecule has 0 radical (unpaired) electrons. The van der Waals surface area contributed by atoms with Gasteiger partial charge in [-0.05, 0) is 72.9 Å². The molecule has 0 spiro atoms. The van der Waals surface area contributed by atoms with Crippen LogP contribution in [-0.2, 0) is 12.1 Å². The lowest BCUT2D eigenvalue weighted by atomic mass is 9.92. The van der Waals surface area contributed by atoms with Crippen molar-refractivity contribution in [1.82, 2.24) is 4.98 Å². The van der Waals surface area contributed by atoms with E-state index in [0.29, 0.717) is 17.6 Å². The van der Waals surface area contributed by atoms with Gasteiger partial charge in [-0.25, -0.2) is 0 Å². The number of hydrogen-bond donors (Lipinski definition) is 3. The van der Waals surface area contributed by atoms with Crippen LogP contribution in [-0.4, -0.2) is 21.9 Å². The van der Waals surface area contributed by atoms with Crippen LogP contribution in [0.3, 0.4) is 0 Å². The van der Waals surface area contributed by atoms with Gasteiger partial charge in [-0.15, -0.1) is 0 Å². The Bertz CT molecular complexity index is 1760. The van der Waals surface area contributed by atoms with E-state index in [-0.39, 0.29) is 5.91 Å². The molecule has 1 aromatic heterocycles. The second-order valence-electron chi connectivity index (χ2n) is 10.2. The van der Waals surface area contributed by atoms with Gasteiger partial charge in [0.1, 0.15) is 0 Å². The van der Waals surface area contributed by atoms with Gasteiger partial charge in [0.25, 0.3) is 11.8 Å². The largest absolute Gasteiger partial charge is 0.386 e. The van der Waals surface area contributed by atoms with Crippen molar-refractivity contribution in [3.05, 3.63) is 101 Å². The first-order valence-corrected chi connectivity index (χ1v) is 12.3. The molecule has 0 unspecified atom stereocenters. The van der Waals surface area contributed by atoms with Crippen LogP contribution >= 0.6 is 0 Å². The van der Waals surface area contributed by atoms with Crippen molar-refractivity contribution in [3.8, 4) is 11.1 Å². The van der Waals surface area contributed by atoms with E-state index >= 15 is 0 Å². The number of aromatic amines is 1. The molecular formula is C31H27N3O3. The summed E-state index contributed by atoms with van der Waals surface area (Å²) >= 11 is 0. The Kier molecular flexibility index (Phi) is 5.00. The summed E-state index contributed by atoms with van der Waals surface area (Å²) in [6.07, 6.45) is 0. The molecule has 4 aromatic carbocycles. The number of H-pyrrole nitrogens is 1. The average molecular weight is 490 g/mol. The number of hydrogen-bond acceptors (Lipinski definition) is 3. The fraction of sp³-hybridized carbons (Fsp3) is 0.161. The fourth-order valence-electron chi connectivity index (χ4n) is 5.48. The van der Waals surface area contributed by atoms with Crippen LogP contribution in [0.4, 0.5) is 5.69 Å². The molecule has 1 aliphatic rings. The Labute approximate surface area is 214 Å². The smallest absolute Gasteiger partial charge is 0.258 e. The Morgan fingerprint density at radius 2 is 1.73 bits per heavy atom. The van der Waals surface area contributed by atoms with Crippen molar-refractivity contribution < 1.29 is 14.7 Å². The van der Waals surface area contributed by atoms with Crippen LogP contribution < -0.4 is 10.6 Å². The lowest BCUT2D eigenvalue weighted by Crippen LogP contribution is -2.24. The molecule has 2 amide bonds. The van der Waals surface area contributed by atoms with Gasteiger partial charge in [-0.2, -0.15) is 0 Å². The van der Waals surface area contributed by atoms with Crippen molar-refractivity contribution >= 4 is 39.3 Å². The molecule has 0 saturated heterocycles. The van der Waals surface area contributed by atoms with Crippen molar-refractivity contribution in [2.45, 2.75) is 32.9 Å². The highest BCUT2D eigenvalue weighted by molar-refractivity contribution is 6.20. The number of amides is 2. The monoisotopic (exact) mass is 489 g/mol. The Morgan fingerprint density at radius 1 is 0.973 bits per heavy atom. The van der Waals surface area contributed by atoms with E-state index in [1.807, 2.05) is 78.6 Å². The molecule has 5 aromatic rings. The highest BCUT2D eigenvalue weighted by atomic mass is 16.3. The third-order valence-electron chi connectivity index (χ3n) is 7.43. The molecular weight excluding hydrogens is 462 g/mol. The number of fused-ring (bicyclic) bond motifs is 4. The van der Waals surface area contributed by atoms with Gasteiger partial charge in [-0.1, -0.05) is 48.5 Å². The van der Waals surface area contributed by atoms with E-state index in [4.69, 9.17) is 5.73 Å². The summed E-state index contributed by atoms with van der Waals surface area (Å²) in [6, 6.07) is 23.1. The molecule has 1 aliphatic heterocycles. The van der Waals surface area contributed by atoms with Crippen LogP contribution in [0.2, 0.25) is 0 Å². The fourth-order valence-corrected chi connectivity index (χ4v) is 5.48. The van der Waals surface area contributed by atoms with Gasteiger partial charge >= 0.3 is 0 Å². The van der Waals surface area contributed by atoms with E-state index in [1.54, 1.807) is 19.9 Å². The Hall–Kier alpha value is -4.42. The predicted molar refractivity (Wildman–Crippen MR) is 147 cm³/mol. The number of nitrogens with one attached hydrogen (secondary N) is 1. The maximum atomic E-state index is 13.2. The molecule has 2 heterocycles. The van der Waals surface area contributed by atoms with Gasteiger partial charge in [0.2, 0.25) is 0 Å². The second-order valence-corrected chi connectivity index (χ2v) is 10.2. The maximum Gasteiger partial charge on any atom is 0.258 e. The number of primary amides is 1. The molecule has 6 rings (SSSR count). The minimum Gasteiger partial charge on any atom is -0.386 e. The van der Waals surface area contributed by atoms with Gasteiger partial charge in [0.05, 0.1) is 23.2 Å². The zero-order valence-corrected chi connectivity index (χ0v) is 20.9. The highest BCUT2D eigenvalue weighted by Gasteiger charge is 2.30. The van der Waals surface area contributed by atoms with Gasteiger partial charge in [0, 0.05) is 27.5 Å². The number of carbonyl (C=O) groups excluding carboxylic acids is 2. The topological polar surface area (TPSA) is 99.4 Å². The summed E-state index contributed by atoms with van der Waals surface area (Å²) in [4.78, 5) is 30.8. The molecule has 0 bridgehead atoms. The van der Waals surface area contributed by atoms with Crippen molar-refractivity contribution in [2.24, 2.45) is 5.73 Å². The van der Waals surface area contributed by atoms with Crippen molar-refractivity contribution in [1.29, 1.82) is 0 Å². The summed E-state index contributed by atoms with van der Waals surface area (Å²) in [5.41, 5.74) is 12.8. The Morgan fingerprint density at radius 3 is 2.46 bits per heavy atom. The number of aromatic nitrogens is 1. The number of carbonyl (C=O) groups is 2. The molecule has 37 heavy (non-hydrogen) atoms. The zero-order valence-electron chi connectivity index (χ0n) is 20.9. The molecule has 0 fully saturated rings. The maximum absolute atomic E-state index is 13.2. The molecule has 0 atom stereocenters. The highest BCUT2D eigenvalue weighted by Crippen LogP contribution is 2.41. The zero-order chi connectivity index (χ0) is 26.1. The summed E-state index contributed by atoms with van der Waals surface area (Å²) in [7, 11) is 0. The summed E-state index contributed by atoms with van der Waals surface area (Å²) < 4.78 is 0. The second kappa shape index (κ2) is 8.05. The van der Waals surface area contributed by atoms with Crippen LogP contribution in [0.5, 0.6) is 0 Å². The lowest BCUT2D eigenvalue weighted by molar-refractivity contribution is 0.0787. The summed E-state index contributed by atoms with van der Waals surface area (Å²) in [5.74, 6) is -0.520. The quantitative estimate of drug-likeness (QED) is 0.298. The first-order chi connectivity index (χ1) is 17.6.